The van der Waals surface area contributed by atoms with Gasteiger partial charge in [-0.3, -0.25) is 4.90 Å². The Bertz CT molecular complexity index is 1190. The molecule has 0 aliphatic carbocycles. The Kier molecular flexibility index (Phi) is 6.58. The van der Waals surface area contributed by atoms with Crippen molar-refractivity contribution in [1.29, 1.82) is 0 Å². The number of rotatable bonds is 6. The summed E-state index contributed by atoms with van der Waals surface area (Å²) in [6, 6.07) is 17.8. The highest BCUT2D eigenvalue weighted by Crippen LogP contribution is 2.46. The predicted octanol–water partition coefficient (Wildman–Crippen LogP) is 6.25. The largest absolute Gasteiger partial charge is 0.292 e. The van der Waals surface area contributed by atoms with Gasteiger partial charge in [0.25, 0.3) is 0 Å². The van der Waals surface area contributed by atoms with Gasteiger partial charge in [0, 0.05) is 41.4 Å². The Labute approximate surface area is 202 Å². The van der Waals surface area contributed by atoms with Gasteiger partial charge in [-0.05, 0) is 60.0 Å². The molecular weight excluding hydrogens is 487 g/mol. The van der Waals surface area contributed by atoms with Gasteiger partial charge < -0.3 is 0 Å². The molecule has 0 saturated carbocycles. The Morgan fingerprint density at radius 1 is 0.879 bits per heavy atom. The highest BCUT2D eigenvalue weighted by molar-refractivity contribution is 7.91. The summed E-state index contributed by atoms with van der Waals surface area (Å²) in [4.78, 5) is 2.15. The standard InChI is InChI=1S/C25H23Cl2F2NO2S/c1-25(33(2,31)32,18-11-22(28)13-23(29)12-18)19-14-30(15-19)24(16-3-7-20(26)8-4-16)17-5-9-21(27)10-6-17/h3-13,19,24H,14-15H2,1-2H3/t25-/m0/s1. The van der Waals surface area contributed by atoms with Gasteiger partial charge in [0.15, 0.2) is 9.84 Å². The molecule has 1 saturated heterocycles. The highest BCUT2D eigenvalue weighted by atomic mass is 35.5. The summed E-state index contributed by atoms with van der Waals surface area (Å²) in [6.45, 7) is 2.41. The van der Waals surface area contributed by atoms with E-state index in [4.69, 9.17) is 23.2 Å². The molecule has 0 spiro atoms. The summed E-state index contributed by atoms with van der Waals surface area (Å²) < 4.78 is 52.3. The number of sulfone groups is 1. The van der Waals surface area contributed by atoms with Crippen LogP contribution >= 0.6 is 23.2 Å². The summed E-state index contributed by atoms with van der Waals surface area (Å²) in [7, 11) is -3.70. The van der Waals surface area contributed by atoms with Crippen LogP contribution in [-0.4, -0.2) is 32.7 Å². The normalized spacial score (nSPS) is 17.1. The van der Waals surface area contributed by atoms with Crippen LogP contribution in [0.1, 0.15) is 29.7 Å². The van der Waals surface area contributed by atoms with Gasteiger partial charge in [-0.2, -0.15) is 0 Å². The second kappa shape index (κ2) is 8.99. The lowest BCUT2D eigenvalue weighted by atomic mass is 9.79. The zero-order valence-electron chi connectivity index (χ0n) is 18.1. The summed E-state index contributed by atoms with van der Waals surface area (Å²) in [5.74, 6) is -1.94. The highest BCUT2D eigenvalue weighted by Gasteiger charge is 2.51. The van der Waals surface area contributed by atoms with E-state index in [1.54, 1.807) is 6.92 Å². The van der Waals surface area contributed by atoms with Crippen molar-refractivity contribution in [3.63, 3.8) is 0 Å². The molecule has 0 N–H and O–H groups in total. The molecule has 3 nitrogen and oxygen atoms in total. The van der Waals surface area contributed by atoms with Crippen molar-refractivity contribution in [3.05, 3.63) is 105 Å². The molecule has 174 valence electrons. The van der Waals surface area contributed by atoms with Crippen molar-refractivity contribution in [2.45, 2.75) is 17.7 Å². The third kappa shape index (κ3) is 4.67. The van der Waals surface area contributed by atoms with Crippen LogP contribution in [-0.2, 0) is 14.6 Å². The third-order valence-corrected chi connectivity index (χ3v) is 9.24. The SMILES string of the molecule is C[C@](c1cc(F)cc(F)c1)(C1CN(C(c2ccc(Cl)cc2)c2ccc(Cl)cc2)C1)S(C)(=O)=O. The Hall–Kier alpha value is -1.99. The van der Waals surface area contributed by atoms with Crippen molar-refractivity contribution in [1.82, 2.24) is 4.90 Å². The van der Waals surface area contributed by atoms with Crippen LogP contribution in [0.3, 0.4) is 0 Å². The number of nitrogens with zero attached hydrogens (tertiary/aromatic N) is 1. The molecule has 3 aromatic carbocycles. The fourth-order valence-corrected chi connectivity index (χ4v) is 6.12. The maximum absolute atomic E-state index is 14.0. The van der Waals surface area contributed by atoms with E-state index in [0.29, 0.717) is 23.1 Å². The maximum atomic E-state index is 14.0. The molecule has 1 aliphatic rings. The first kappa shape index (κ1) is 24.1. The van der Waals surface area contributed by atoms with E-state index < -0.39 is 26.2 Å². The molecule has 0 amide bonds. The minimum Gasteiger partial charge on any atom is -0.292 e. The van der Waals surface area contributed by atoms with E-state index in [0.717, 1.165) is 35.6 Å². The predicted molar refractivity (Wildman–Crippen MR) is 128 cm³/mol. The van der Waals surface area contributed by atoms with E-state index >= 15 is 0 Å². The Balaban J connectivity index is 1.69. The molecule has 1 aliphatic heterocycles. The minimum atomic E-state index is -3.70. The van der Waals surface area contributed by atoms with Crippen LogP contribution < -0.4 is 0 Å². The molecule has 3 aromatic rings. The van der Waals surface area contributed by atoms with Gasteiger partial charge in [-0.25, -0.2) is 17.2 Å². The average molecular weight is 510 g/mol. The molecule has 1 atom stereocenters. The summed E-state index contributed by atoms with van der Waals surface area (Å²) in [5, 5.41) is 1.24. The van der Waals surface area contributed by atoms with Crippen molar-refractivity contribution in [3.8, 4) is 0 Å². The van der Waals surface area contributed by atoms with Gasteiger partial charge in [0.05, 0.1) is 10.8 Å². The van der Waals surface area contributed by atoms with Crippen LogP contribution in [0.2, 0.25) is 10.0 Å². The lowest BCUT2D eigenvalue weighted by Gasteiger charge is -2.51. The first-order valence-electron chi connectivity index (χ1n) is 10.4. The zero-order chi connectivity index (χ0) is 24.0. The summed E-state index contributed by atoms with van der Waals surface area (Å²) in [6.07, 6.45) is 1.12. The smallest absolute Gasteiger partial charge is 0.157 e. The van der Waals surface area contributed by atoms with Gasteiger partial charge in [-0.1, -0.05) is 47.5 Å². The van der Waals surface area contributed by atoms with Crippen molar-refractivity contribution in [2.24, 2.45) is 5.92 Å². The first-order chi connectivity index (χ1) is 15.5. The Morgan fingerprint density at radius 2 is 1.30 bits per heavy atom. The van der Waals surface area contributed by atoms with Crippen LogP contribution in [0.25, 0.3) is 0 Å². The van der Waals surface area contributed by atoms with Crippen molar-refractivity contribution in [2.75, 3.05) is 19.3 Å². The van der Waals surface area contributed by atoms with E-state index in [1.807, 2.05) is 48.5 Å². The number of likely N-dealkylation sites (tertiary alicyclic amines) is 1. The summed E-state index contributed by atoms with van der Waals surface area (Å²) >= 11 is 12.2. The molecule has 8 heteroatoms. The first-order valence-corrected chi connectivity index (χ1v) is 13.0. The van der Waals surface area contributed by atoms with E-state index in [-0.39, 0.29) is 17.5 Å². The number of hydrogen-bond acceptors (Lipinski definition) is 3. The van der Waals surface area contributed by atoms with Crippen LogP contribution in [0.15, 0.2) is 66.7 Å². The van der Waals surface area contributed by atoms with Crippen molar-refractivity contribution < 1.29 is 17.2 Å². The van der Waals surface area contributed by atoms with Crippen molar-refractivity contribution >= 4 is 33.0 Å². The molecule has 0 unspecified atom stereocenters. The lowest BCUT2D eigenvalue weighted by molar-refractivity contribution is 0.0439. The topological polar surface area (TPSA) is 37.4 Å². The fourth-order valence-electron chi connectivity index (χ4n) is 4.57. The molecule has 0 bridgehead atoms. The number of benzene rings is 3. The van der Waals surface area contributed by atoms with E-state index in [9.17, 15) is 17.2 Å². The molecular formula is C25H23Cl2F2NO2S. The summed E-state index contributed by atoms with van der Waals surface area (Å²) in [5.41, 5.74) is 2.12. The lowest BCUT2D eigenvalue weighted by Crippen LogP contribution is -2.58. The molecule has 0 aromatic heterocycles. The molecule has 1 heterocycles. The second-order valence-corrected chi connectivity index (χ2v) is 12.0. The van der Waals surface area contributed by atoms with Crippen LogP contribution in [0.4, 0.5) is 8.78 Å². The quantitative estimate of drug-likeness (QED) is 0.393. The van der Waals surface area contributed by atoms with Crippen LogP contribution in [0.5, 0.6) is 0 Å². The average Bonchev–Trinajstić information content (AvgIpc) is 2.70. The molecule has 33 heavy (non-hydrogen) atoms. The maximum Gasteiger partial charge on any atom is 0.157 e. The van der Waals surface area contributed by atoms with Gasteiger partial charge in [-0.15, -0.1) is 0 Å². The fraction of sp³-hybridized carbons (Fsp3) is 0.280. The Morgan fingerprint density at radius 3 is 1.70 bits per heavy atom. The monoisotopic (exact) mass is 509 g/mol. The van der Waals surface area contributed by atoms with Crippen LogP contribution in [0, 0.1) is 17.6 Å². The minimum absolute atomic E-state index is 0.127. The van der Waals surface area contributed by atoms with E-state index in [1.165, 1.54) is 0 Å². The van der Waals surface area contributed by atoms with Gasteiger partial charge in [0.2, 0.25) is 0 Å². The number of halogens is 4. The molecule has 4 rings (SSSR count). The van der Waals surface area contributed by atoms with E-state index in [2.05, 4.69) is 4.90 Å². The second-order valence-electron chi connectivity index (χ2n) is 8.69. The number of hydrogen-bond donors (Lipinski definition) is 0. The zero-order valence-corrected chi connectivity index (χ0v) is 20.4. The third-order valence-electron chi connectivity index (χ3n) is 6.63. The molecule has 1 fully saturated rings. The van der Waals surface area contributed by atoms with Gasteiger partial charge >= 0.3 is 0 Å². The van der Waals surface area contributed by atoms with Gasteiger partial charge in [0.1, 0.15) is 11.6 Å². The molecule has 0 radical (unpaired) electrons.